The summed E-state index contributed by atoms with van der Waals surface area (Å²) in [6.07, 6.45) is 0. The van der Waals surface area contributed by atoms with Crippen LogP contribution in [-0.4, -0.2) is 23.9 Å². The maximum Gasteiger partial charge on any atom is 0.272 e. The molecular weight excluding hydrogens is 306 g/mol. The highest BCUT2D eigenvalue weighted by molar-refractivity contribution is 6.06. The number of carbonyl (C=O) groups excluding carboxylic acids is 2. The summed E-state index contributed by atoms with van der Waals surface area (Å²) in [5.74, 6) is 0.244. The van der Waals surface area contributed by atoms with E-state index in [0.717, 1.165) is 10.9 Å². The smallest absolute Gasteiger partial charge is 0.272 e. The standard InChI is InChI=1S/C18H17N3O3/c1-11(22)19-13-6-4-7-14(10-13)20-18(23)15-9-12-5-3-8-16(24-2)17(12)21-15/h3-10,21H,1-2H3,(H,19,22)(H,20,23). The Morgan fingerprint density at radius 1 is 1.00 bits per heavy atom. The van der Waals surface area contributed by atoms with E-state index in [1.165, 1.54) is 6.92 Å². The first kappa shape index (κ1) is 15.6. The van der Waals surface area contributed by atoms with E-state index in [1.807, 2.05) is 18.2 Å². The molecule has 24 heavy (non-hydrogen) atoms. The minimum Gasteiger partial charge on any atom is -0.495 e. The molecule has 2 amide bonds. The Labute approximate surface area is 138 Å². The van der Waals surface area contributed by atoms with Crippen LogP contribution in [-0.2, 0) is 4.79 Å². The minimum absolute atomic E-state index is 0.166. The summed E-state index contributed by atoms with van der Waals surface area (Å²) in [5, 5.41) is 6.38. The molecule has 0 saturated heterocycles. The third-order valence-corrected chi connectivity index (χ3v) is 3.52. The predicted octanol–water partition coefficient (Wildman–Crippen LogP) is 3.39. The second-order valence-electron chi connectivity index (χ2n) is 5.32. The zero-order valence-corrected chi connectivity index (χ0v) is 13.3. The Morgan fingerprint density at radius 3 is 2.42 bits per heavy atom. The van der Waals surface area contributed by atoms with Gasteiger partial charge in [0.2, 0.25) is 5.91 Å². The van der Waals surface area contributed by atoms with Gasteiger partial charge in [0.15, 0.2) is 0 Å². The molecule has 6 heteroatoms. The zero-order valence-electron chi connectivity index (χ0n) is 13.3. The number of aromatic amines is 1. The quantitative estimate of drug-likeness (QED) is 0.688. The van der Waals surface area contributed by atoms with Crippen molar-refractivity contribution in [3.05, 3.63) is 54.2 Å². The van der Waals surface area contributed by atoms with Gasteiger partial charge in [-0.15, -0.1) is 0 Å². The molecule has 122 valence electrons. The highest BCUT2D eigenvalue weighted by Crippen LogP contribution is 2.26. The van der Waals surface area contributed by atoms with Gasteiger partial charge in [-0.1, -0.05) is 18.2 Å². The van der Waals surface area contributed by atoms with Gasteiger partial charge in [0.05, 0.1) is 12.6 Å². The largest absolute Gasteiger partial charge is 0.495 e. The van der Waals surface area contributed by atoms with Gasteiger partial charge in [-0.25, -0.2) is 0 Å². The van der Waals surface area contributed by atoms with E-state index in [2.05, 4.69) is 15.6 Å². The molecule has 3 aromatic rings. The van der Waals surface area contributed by atoms with Crippen molar-refractivity contribution in [1.29, 1.82) is 0 Å². The number of para-hydroxylation sites is 1. The van der Waals surface area contributed by atoms with E-state index in [4.69, 9.17) is 4.74 Å². The second-order valence-corrected chi connectivity index (χ2v) is 5.32. The van der Waals surface area contributed by atoms with Crippen molar-refractivity contribution in [3.63, 3.8) is 0 Å². The van der Waals surface area contributed by atoms with Crippen molar-refractivity contribution in [2.24, 2.45) is 0 Å². The molecule has 3 N–H and O–H groups in total. The molecule has 0 atom stereocenters. The highest BCUT2D eigenvalue weighted by atomic mass is 16.5. The first-order valence-corrected chi connectivity index (χ1v) is 7.41. The predicted molar refractivity (Wildman–Crippen MR) is 93.5 cm³/mol. The number of hydrogen-bond acceptors (Lipinski definition) is 3. The van der Waals surface area contributed by atoms with Crippen molar-refractivity contribution >= 4 is 34.1 Å². The summed E-state index contributed by atoms with van der Waals surface area (Å²) >= 11 is 0. The van der Waals surface area contributed by atoms with Gasteiger partial charge in [-0.2, -0.15) is 0 Å². The van der Waals surface area contributed by atoms with Crippen molar-refractivity contribution in [3.8, 4) is 5.75 Å². The van der Waals surface area contributed by atoms with Crippen LogP contribution in [0.1, 0.15) is 17.4 Å². The fourth-order valence-corrected chi connectivity index (χ4v) is 2.50. The number of anilines is 2. The maximum absolute atomic E-state index is 12.4. The lowest BCUT2D eigenvalue weighted by Crippen LogP contribution is -2.13. The lowest BCUT2D eigenvalue weighted by atomic mass is 10.2. The number of carbonyl (C=O) groups is 2. The molecule has 0 aliphatic carbocycles. The molecule has 0 bridgehead atoms. The van der Waals surface area contributed by atoms with Gasteiger partial charge in [-0.05, 0) is 30.3 Å². The summed E-state index contributed by atoms with van der Waals surface area (Å²) < 4.78 is 5.29. The normalized spacial score (nSPS) is 10.4. The van der Waals surface area contributed by atoms with Gasteiger partial charge < -0.3 is 20.4 Å². The van der Waals surface area contributed by atoms with Gasteiger partial charge in [0.25, 0.3) is 5.91 Å². The molecule has 0 radical (unpaired) electrons. The molecule has 0 spiro atoms. The third kappa shape index (κ3) is 3.22. The molecule has 1 heterocycles. The van der Waals surface area contributed by atoms with E-state index in [1.54, 1.807) is 37.4 Å². The number of fused-ring (bicyclic) bond motifs is 1. The van der Waals surface area contributed by atoms with Gasteiger partial charge >= 0.3 is 0 Å². The first-order chi connectivity index (χ1) is 11.6. The van der Waals surface area contributed by atoms with Crippen molar-refractivity contribution < 1.29 is 14.3 Å². The van der Waals surface area contributed by atoms with E-state index in [0.29, 0.717) is 22.8 Å². The highest BCUT2D eigenvalue weighted by Gasteiger charge is 2.12. The molecule has 0 aliphatic rings. The lowest BCUT2D eigenvalue weighted by Gasteiger charge is -2.07. The number of methoxy groups -OCH3 is 1. The number of benzene rings is 2. The van der Waals surface area contributed by atoms with Crippen LogP contribution in [0.5, 0.6) is 5.75 Å². The Bertz CT molecular complexity index is 915. The molecule has 0 unspecified atom stereocenters. The fourth-order valence-electron chi connectivity index (χ4n) is 2.50. The van der Waals surface area contributed by atoms with Crippen LogP contribution in [0.3, 0.4) is 0 Å². The minimum atomic E-state index is -0.270. The number of rotatable bonds is 4. The third-order valence-electron chi connectivity index (χ3n) is 3.52. The number of amides is 2. The molecule has 0 saturated carbocycles. The summed E-state index contributed by atoms with van der Waals surface area (Å²) in [7, 11) is 1.59. The number of ether oxygens (including phenoxy) is 1. The topological polar surface area (TPSA) is 83.2 Å². The molecule has 0 aliphatic heterocycles. The summed E-state index contributed by atoms with van der Waals surface area (Å²) in [6.45, 7) is 1.43. The van der Waals surface area contributed by atoms with E-state index in [-0.39, 0.29) is 11.8 Å². The SMILES string of the molecule is COc1cccc2cc(C(=O)Nc3cccc(NC(C)=O)c3)[nH]c12. The molecule has 0 fully saturated rings. The Hall–Kier alpha value is -3.28. The van der Waals surface area contributed by atoms with Gasteiger partial charge in [0, 0.05) is 23.7 Å². The Morgan fingerprint density at radius 2 is 1.71 bits per heavy atom. The fraction of sp³-hybridized carbons (Fsp3) is 0.111. The van der Waals surface area contributed by atoms with E-state index >= 15 is 0 Å². The Kier molecular flexibility index (Phi) is 4.20. The zero-order chi connectivity index (χ0) is 17.1. The molecule has 3 rings (SSSR count). The Balaban J connectivity index is 1.84. The molecule has 6 nitrogen and oxygen atoms in total. The van der Waals surface area contributed by atoms with Crippen molar-refractivity contribution in [2.75, 3.05) is 17.7 Å². The number of aromatic nitrogens is 1. The number of H-pyrrole nitrogens is 1. The van der Waals surface area contributed by atoms with E-state index in [9.17, 15) is 9.59 Å². The maximum atomic E-state index is 12.4. The van der Waals surface area contributed by atoms with Crippen LogP contribution < -0.4 is 15.4 Å². The molecular formula is C18H17N3O3. The van der Waals surface area contributed by atoms with Crippen LogP contribution in [0.4, 0.5) is 11.4 Å². The van der Waals surface area contributed by atoms with Crippen molar-refractivity contribution in [2.45, 2.75) is 6.92 Å². The first-order valence-electron chi connectivity index (χ1n) is 7.41. The van der Waals surface area contributed by atoms with Gasteiger partial charge in [0.1, 0.15) is 11.4 Å². The summed E-state index contributed by atoms with van der Waals surface area (Å²) in [4.78, 5) is 26.6. The van der Waals surface area contributed by atoms with Crippen LogP contribution >= 0.6 is 0 Å². The summed E-state index contributed by atoms with van der Waals surface area (Å²) in [6, 6.07) is 14.3. The van der Waals surface area contributed by atoms with Crippen LogP contribution in [0.25, 0.3) is 10.9 Å². The monoisotopic (exact) mass is 323 g/mol. The lowest BCUT2D eigenvalue weighted by molar-refractivity contribution is -0.114. The number of hydrogen-bond donors (Lipinski definition) is 3. The summed E-state index contributed by atoms with van der Waals surface area (Å²) in [5.41, 5.74) is 2.42. The van der Waals surface area contributed by atoms with E-state index < -0.39 is 0 Å². The number of nitrogens with one attached hydrogen (secondary N) is 3. The van der Waals surface area contributed by atoms with Crippen LogP contribution in [0, 0.1) is 0 Å². The van der Waals surface area contributed by atoms with Crippen molar-refractivity contribution in [1.82, 2.24) is 4.98 Å². The molecule has 2 aromatic carbocycles. The second kappa shape index (κ2) is 6.45. The van der Waals surface area contributed by atoms with Crippen LogP contribution in [0.15, 0.2) is 48.5 Å². The van der Waals surface area contributed by atoms with Gasteiger partial charge in [-0.3, -0.25) is 9.59 Å². The molecule has 1 aromatic heterocycles. The average molecular weight is 323 g/mol. The average Bonchev–Trinajstić information content (AvgIpc) is 2.98. The van der Waals surface area contributed by atoms with Crippen LogP contribution in [0.2, 0.25) is 0 Å².